The second-order valence-electron chi connectivity index (χ2n) is 4.60. The lowest BCUT2D eigenvalue weighted by molar-refractivity contribution is -0.140. The molecule has 100 valence electrons. The zero-order valence-corrected chi connectivity index (χ0v) is 11.4. The molecule has 1 aromatic rings. The van der Waals surface area contributed by atoms with Gasteiger partial charge in [0, 0.05) is 0 Å². The minimum atomic E-state index is -3.34. The van der Waals surface area contributed by atoms with E-state index in [0.717, 1.165) is 5.56 Å². The predicted molar refractivity (Wildman–Crippen MR) is 70.2 cm³/mol. The van der Waals surface area contributed by atoms with E-state index in [2.05, 4.69) is 0 Å². The van der Waals surface area contributed by atoms with Crippen molar-refractivity contribution in [2.75, 3.05) is 5.75 Å². The molecule has 5 heteroatoms. The summed E-state index contributed by atoms with van der Waals surface area (Å²) in [5.74, 6) is -2.27. The Kier molecular flexibility index (Phi) is 4.90. The van der Waals surface area contributed by atoms with Crippen LogP contribution < -0.4 is 0 Å². The second kappa shape index (κ2) is 6.00. The van der Waals surface area contributed by atoms with E-state index in [1.165, 1.54) is 0 Å². The third kappa shape index (κ3) is 4.14. The van der Waals surface area contributed by atoms with Crippen LogP contribution in [0.15, 0.2) is 30.3 Å². The summed E-state index contributed by atoms with van der Waals surface area (Å²) in [6, 6.07) is 9.07. The third-order valence-electron chi connectivity index (χ3n) is 2.83. The number of rotatable bonds is 6. The van der Waals surface area contributed by atoms with E-state index in [1.54, 1.807) is 26.0 Å². The van der Waals surface area contributed by atoms with Crippen molar-refractivity contribution < 1.29 is 18.3 Å². The summed E-state index contributed by atoms with van der Waals surface area (Å²) in [5, 5.41) is 8.57. The molecule has 0 amide bonds. The Morgan fingerprint density at radius 2 is 1.78 bits per heavy atom. The summed E-state index contributed by atoms with van der Waals surface area (Å²) in [6.07, 6.45) is 0.238. The van der Waals surface area contributed by atoms with Crippen LogP contribution in [-0.4, -0.2) is 30.5 Å². The number of sulfone groups is 1. The smallest absolute Gasteiger partial charge is 0.307 e. The summed E-state index contributed by atoms with van der Waals surface area (Å²) in [4.78, 5) is 11.1. The quantitative estimate of drug-likeness (QED) is 0.855. The third-order valence-corrected chi connectivity index (χ3v) is 5.13. The molecule has 0 aliphatic heterocycles. The SMILES string of the molecule is CC(C)S(=O)(=O)CC(Cc1ccccc1)C(=O)O. The van der Waals surface area contributed by atoms with E-state index < -0.39 is 27.0 Å². The summed E-state index contributed by atoms with van der Waals surface area (Å²) in [7, 11) is -3.34. The van der Waals surface area contributed by atoms with Crippen molar-refractivity contribution in [2.24, 2.45) is 5.92 Å². The molecule has 1 unspecified atom stereocenters. The maximum Gasteiger partial charge on any atom is 0.307 e. The van der Waals surface area contributed by atoms with Gasteiger partial charge in [-0.3, -0.25) is 4.79 Å². The number of carbonyl (C=O) groups is 1. The zero-order valence-electron chi connectivity index (χ0n) is 10.5. The first kappa shape index (κ1) is 14.7. The molecule has 0 heterocycles. The van der Waals surface area contributed by atoms with Gasteiger partial charge in [-0.1, -0.05) is 30.3 Å². The molecular formula is C13H18O4S. The molecule has 0 saturated carbocycles. The number of benzene rings is 1. The fourth-order valence-electron chi connectivity index (χ4n) is 1.59. The van der Waals surface area contributed by atoms with Crippen molar-refractivity contribution in [3.63, 3.8) is 0 Å². The predicted octanol–water partition coefficient (Wildman–Crippen LogP) is 1.75. The lowest BCUT2D eigenvalue weighted by Crippen LogP contribution is -2.29. The second-order valence-corrected chi connectivity index (χ2v) is 7.21. The maximum atomic E-state index is 11.8. The number of hydrogen-bond acceptors (Lipinski definition) is 3. The first-order chi connectivity index (χ1) is 8.33. The van der Waals surface area contributed by atoms with Crippen molar-refractivity contribution in [2.45, 2.75) is 25.5 Å². The highest BCUT2D eigenvalue weighted by atomic mass is 32.2. The van der Waals surface area contributed by atoms with Crippen LogP contribution in [0.2, 0.25) is 0 Å². The Labute approximate surface area is 108 Å². The molecule has 0 radical (unpaired) electrons. The van der Waals surface area contributed by atoms with Gasteiger partial charge in [-0.25, -0.2) is 8.42 Å². The van der Waals surface area contributed by atoms with Crippen LogP contribution in [0.3, 0.4) is 0 Å². The van der Waals surface area contributed by atoms with Gasteiger partial charge in [0.2, 0.25) is 0 Å². The molecule has 18 heavy (non-hydrogen) atoms. The van der Waals surface area contributed by atoms with Crippen LogP contribution >= 0.6 is 0 Å². The van der Waals surface area contributed by atoms with Gasteiger partial charge in [-0.2, -0.15) is 0 Å². The standard InChI is InChI=1S/C13H18O4S/c1-10(2)18(16,17)9-12(13(14)15)8-11-6-4-3-5-7-11/h3-7,10,12H,8-9H2,1-2H3,(H,14,15). The molecule has 0 fully saturated rings. The molecule has 1 rings (SSSR count). The molecule has 1 atom stereocenters. The average molecular weight is 270 g/mol. The Morgan fingerprint density at radius 1 is 1.22 bits per heavy atom. The van der Waals surface area contributed by atoms with E-state index in [0.29, 0.717) is 0 Å². The summed E-state index contributed by atoms with van der Waals surface area (Å²) in [5.41, 5.74) is 0.837. The van der Waals surface area contributed by atoms with Crippen LogP contribution in [0.1, 0.15) is 19.4 Å². The van der Waals surface area contributed by atoms with Gasteiger partial charge in [0.1, 0.15) is 0 Å². The van der Waals surface area contributed by atoms with E-state index in [-0.39, 0.29) is 12.2 Å². The number of carboxylic acid groups (broad SMARTS) is 1. The van der Waals surface area contributed by atoms with Crippen molar-refractivity contribution in [3.05, 3.63) is 35.9 Å². The molecule has 0 aromatic heterocycles. The molecule has 0 saturated heterocycles. The molecular weight excluding hydrogens is 252 g/mol. The molecule has 0 aliphatic rings. The first-order valence-electron chi connectivity index (χ1n) is 5.81. The molecule has 0 aliphatic carbocycles. The van der Waals surface area contributed by atoms with Gasteiger partial charge in [0.15, 0.2) is 9.84 Å². The highest BCUT2D eigenvalue weighted by molar-refractivity contribution is 7.92. The molecule has 4 nitrogen and oxygen atoms in total. The number of hydrogen-bond donors (Lipinski definition) is 1. The monoisotopic (exact) mass is 270 g/mol. The van der Waals surface area contributed by atoms with Crippen LogP contribution in [0.25, 0.3) is 0 Å². The first-order valence-corrected chi connectivity index (χ1v) is 7.52. The van der Waals surface area contributed by atoms with Crippen LogP contribution in [0, 0.1) is 5.92 Å². The van der Waals surface area contributed by atoms with Gasteiger partial charge in [-0.15, -0.1) is 0 Å². The van der Waals surface area contributed by atoms with Gasteiger partial charge >= 0.3 is 5.97 Å². The topological polar surface area (TPSA) is 71.4 Å². The molecule has 0 spiro atoms. The van der Waals surface area contributed by atoms with Gasteiger partial charge < -0.3 is 5.11 Å². The molecule has 1 N–H and O–H groups in total. The van der Waals surface area contributed by atoms with Crippen molar-refractivity contribution >= 4 is 15.8 Å². The normalized spacial score (nSPS) is 13.5. The van der Waals surface area contributed by atoms with Gasteiger partial charge in [0.25, 0.3) is 0 Å². The fraction of sp³-hybridized carbons (Fsp3) is 0.462. The van der Waals surface area contributed by atoms with E-state index in [4.69, 9.17) is 5.11 Å². The van der Waals surface area contributed by atoms with Crippen molar-refractivity contribution in [1.29, 1.82) is 0 Å². The fourth-order valence-corrected chi connectivity index (χ4v) is 2.80. The minimum absolute atomic E-state index is 0.238. The maximum absolute atomic E-state index is 11.8. The molecule has 1 aromatic carbocycles. The number of aliphatic carboxylic acids is 1. The number of carboxylic acids is 1. The Bertz CT molecular complexity index is 491. The zero-order chi connectivity index (χ0) is 13.8. The van der Waals surface area contributed by atoms with Crippen LogP contribution in [-0.2, 0) is 21.1 Å². The highest BCUT2D eigenvalue weighted by Gasteiger charge is 2.27. The van der Waals surface area contributed by atoms with Gasteiger partial charge in [0.05, 0.1) is 16.9 Å². The minimum Gasteiger partial charge on any atom is -0.481 e. The lowest BCUT2D eigenvalue weighted by atomic mass is 10.0. The van der Waals surface area contributed by atoms with Crippen molar-refractivity contribution in [3.8, 4) is 0 Å². The van der Waals surface area contributed by atoms with Gasteiger partial charge in [-0.05, 0) is 25.8 Å². The average Bonchev–Trinajstić information content (AvgIpc) is 2.29. The van der Waals surface area contributed by atoms with E-state index in [1.807, 2.05) is 18.2 Å². The Balaban J connectivity index is 2.83. The highest BCUT2D eigenvalue weighted by Crippen LogP contribution is 2.14. The van der Waals surface area contributed by atoms with Crippen LogP contribution in [0.4, 0.5) is 0 Å². The Hall–Kier alpha value is -1.36. The summed E-state index contributed by atoms with van der Waals surface area (Å²) in [6.45, 7) is 3.13. The Morgan fingerprint density at radius 3 is 2.22 bits per heavy atom. The molecule has 0 bridgehead atoms. The summed E-state index contributed by atoms with van der Waals surface area (Å²) < 4.78 is 23.5. The van der Waals surface area contributed by atoms with E-state index >= 15 is 0 Å². The largest absolute Gasteiger partial charge is 0.481 e. The summed E-state index contributed by atoms with van der Waals surface area (Å²) >= 11 is 0. The van der Waals surface area contributed by atoms with Crippen molar-refractivity contribution in [1.82, 2.24) is 0 Å². The lowest BCUT2D eigenvalue weighted by Gasteiger charge is -2.14. The van der Waals surface area contributed by atoms with Crippen LogP contribution in [0.5, 0.6) is 0 Å². The van der Waals surface area contributed by atoms with E-state index in [9.17, 15) is 13.2 Å².